The predicted molar refractivity (Wildman–Crippen MR) is 95.1 cm³/mol. The highest BCUT2D eigenvalue weighted by atomic mass is 16.5. The zero-order valence-corrected chi connectivity index (χ0v) is 14.4. The molecule has 3 heterocycles. The van der Waals surface area contributed by atoms with E-state index in [2.05, 4.69) is 51.3 Å². The van der Waals surface area contributed by atoms with Crippen LogP contribution in [0.2, 0.25) is 0 Å². The first-order valence-corrected chi connectivity index (χ1v) is 9.14. The Morgan fingerprint density at radius 2 is 1.88 bits per heavy atom. The van der Waals surface area contributed by atoms with Crippen LogP contribution in [-0.4, -0.2) is 48.3 Å². The molecule has 1 unspecified atom stereocenters. The second kappa shape index (κ2) is 6.93. The quantitative estimate of drug-likeness (QED) is 0.863. The molecule has 2 aliphatic rings. The van der Waals surface area contributed by atoms with Crippen LogP contribution in [0.25, 0.3) is 11.4 Å². The van der Waals surface area contributed by atoms with Crippen molar-refractivity contribution in [3.8, 4) is 11.4 Å². The number of rotatable bonds is 4. The lowest BCUT2D eigenvalue weighted by atomic mass is 10.1. The Morgan fingerprint density at radius 1 is 1.08 bits per heavy atom. The Hall–Kier alpha value is -1.88. The largest absolute Gasteiger partial charge is 0.372 e. The molecule has 2 fully saturated rings. The molecule has 4 rings (SSSR count). The van der Waals surface area contributed by atoms with Crippen molar-refractivity contribution in [2.45, 2.75) is 32.1 Å². The maximum atomic E-state index is 5.47. The Kier molecular flexibility index (Phi) is 4.52. The average Bonchev–Trinajstić information content (AvgIpc) is 3.25. The third-order valence-electron chi connectivity index (χ3n) is 5.27. The van der Waals surface area contributed by atoms with Gasteiger partial charge in [0.25, 0.3) is 0 Å². The number of hydrogen-bond acceptors (Lipinski definition) is 5. The van der Waals surface area contributed by atoms with Gasteiger partial charge in [0, 0.05) is 37.3 Å². The van der Waals surface area contributed by atoms with Crippen molar-refractivity contribution >= 4 is 5.69 Å². The normalized spacial score (nSPS) is 22.2. The van der Waals surface area contributed by atoms with E-state index in [1.807, 2.05) is 0 Å². The summed E-state index contributed by atoms with van der Waals surface area (Å²) >= 11 is 0. The van der Waals surface area contributed by atoms with Gasteiger partial charge < -0.3 is 14.3 Å². The molecule has 0 aliphatic carbocycles. The molecule has 0 bridgehead atoms. The second-order valence-corrected chi connectivity index (χ2v) is 7.23. The molecule has 1 aromatic carbocycles. The molecule has 2 aromatic rings. The van der Waals surface area contributed by atoms with Crippen LogP contribution in [0, 0.1) is 5.92 Å². The summed E-state index contributed by atoms with van der Waals surface area (Å²) in [6, 6.07) is 8.59. The van der Waals surface area contributed by atoms with Crippen LogP contribution >= 0.6 is 0 Å². The fourth-order valence-electron chi connectivity index (χ4n) is 3.87. The van der Waals surface area contributed by atoms with E-state index in [1.54, 1.807) is 0 Å². The zero-order valence-electron chi connectivity index (χ0n) is 14.4. The lowest BCUT2D eigenvalue weighted by Crippen LogP contribution is -2.29. The van der Waals surface area contributed by atoms with Gasteiger partial charge in [-0.2, -0.15) is 4.98 Å². The zero-order chi connectivity index (χ0) is 16.4. The number of benzene rings is 1. The minimum Gasteiger partial charge on any atom is -0.372 e. The van der Waals surface area contributed by atoms with Crippen molar-refractivity contribution in [2.24, 2.45) is 5.92 Å². The molecule has 0 saturated carbocycles. The van der Waals surface area contributed by atoms with Crippen molar-refractivity contribution in [1.29, 1.82) is 0 Å². The molecular formula is C19H26N4O. The van der Waals surface area contributed by atoms with Gasteiger partial charge in [-0.05, 0) is 69.5 Å². The Morgan fingerprint density at radius 3 is 2.58 bits per heavy atom. The molecule has 24 heavy (non-hydrogen) atoms. The fourth-order valence-corrected chi connectivity index (χ4v) is 3.87. The highest BCUT2D eigenvalue weighted by Gasteiger charge is 2.22. The molecule has 2 saturated heterocycles. The molecule has 0 radical (unpaired) electrons. The number of anilines is 1. The van der Waals surface area contributed by atoms with Crippen LogP contribution in [0.5, 0.6) is 0 Å². The maximum Gasteiger partial charge on any atom is 0.227 e. The van der Waals surface area contributed by atoms with Crippen LogP contribution in [0.4, 0.5) is 5.69 Å². The summed E-state index contributed by atoms with van der Waals surface area (Å²) in [5, 5.41) is 4.18. The summed E-state index contributed by atoms with van der Waals surface area (Å²) in [7, 11) is 2.17. The molecule has 2 aliphatic heterocycles. The third kappa shape index (κ3) is 3.46. The lowest BCUT2D eigenvalue weighted by molar-refractivity contribution is 0.343. The lowest BCUT2D eigenvalue weighted by Gasteiger charge is -2.28. The molecule has 0 N–H and O–H groups in total. The smallest absolute Gasteiger partial charge is 0.227 e. The topological polar surface area (TPSA) is 45.4 Å². The highest BCUT2D eigenvalue weighted by Crippen LogP contribution is 2.25. The summed E-state index contributed by atoms with van der Waals surface area (Å²) < 4.78 is 5.47. The van der Waals surface area contributed by atoms with Crippen molar-refractivity contribution in [1.82, 2.24) is 15.0 Å². The van der Waals surface area contributed by atoms with Crippen molar-refractivity contribution in [2.75, 3.05) is 38.1 Å². The molecule has 5 nitrogen and oxygen atoms in total. The van der Waals surface area contributed by atoms with E-state index in [-0.39, 0.29) is 0 Å². The van der Waals surface area contributed by atoms with Gasteiger partial charge in [0.15, 0.2) is 0 Å². The number of nitrogens with zero attached hydrogens (tertiary/aromatic N) is 4. The van der Waals surface area contributed by atoms with Gasteiger partial charge in [0.05, 0.1) is 0 Å². The number of likely N-dealkylation sites (tertiary alicyclic amines) is 1. The predicted octanol–water partition coefficient (Wildman–Crippen LogP) is 3.22. The molecule has 128 valence electrons. The van der Waals surface area contributed by atoms with Gasteiger partial charge in [-0.1, -0.05) is 5.16 Å². The summed E-state index contributed by atoms with van der Waals surface area (Å²) in [5.41, 5.74) is 2.34. The molecule has 1 atom stereocenters. The Bertz CT molecular complexity index is 660. The van der Waals surface area contributed by atoms with Gasteiger partial charge in [-0.15, -0.1) is 0 Å². The summed E-state index contributed by atoms with van der Waals surface area (Å²) in [6.45, 7) is 4.63. The SMILES string of the molecule is CN1CCC(Cc2nc(-c3ccc(N4CCCCC4)cc3)no2)C1. The van der Waals surface area contributed by atoms with Gasteiger partial charge in [0.1, 0.15) is 0 Å². The molecule has 0 amide bonds. The Labute approximate surface area is 143 Å². The van der Waals surface area contributed by atoms with E-state index in [0.717, 1.165) is 24.4 Å². The van der Waals surface area contributed by atoms with E-state index in [0.29, 0.717) is 11.7 Å². The van der Waals surface area contributed by atoms with Gasteiger partial charge in [0.2, 0.25) is 11.7 Å². The second-order valence-electron chi connectivity index (χ2n) is 7.23. The monoisotopic (exact) mass is 326 g/mol. The molecular weight excluding hydrogens is 300 g/mol. The van der Waals surface area contributed by atoms with Crippen LogP contribution < -0.4 is 4.90 Å². The first kappa shape index (κ1) is 15.6. The van der Waals surface area contributed by atoms with Crippen LogP contribution in [0.15, 0.2) is 28.8 Å². The summed E-state index contributed by atoms with van der Waals surface area (Å²) in [6.07, 6.45) is 6.07. The minimum absolute atomic E-state index is 0.643. The van der Waals surface area contributed by atoms with Gasteiger partial charge in [-0.3, -0.25) is 0 Å². The molecule has 5 heteroatoms. The highest BCUT2D eigenvalue weighted by molar-refractivity contribution is 5.60. The van der Waals surface area contributed by atoms with Gasteiger partial charge >= 0.3 is 0 Å². The van der Waals surface area contributed by atoms with E-state index in [1.165, 1.54) is 51.0 Å². The van der Waals surface area contributed by atoms with E-state index >= 15 is 0 Å². The number of hydrogen-bond donors (Lipinski definition) is 0. The third-order valence-corrected chi connectivity index (χ3v) is 5.27. The standard InChI is InChI=1S/C19H26N4O/c1-22-12-9-15(14-22)13-18-20-19(21-24-18)16-5-7-17(8-6-16)23-10-3-2-4-11-23/h5-8,15H,2-4,9-14H2,1H3. The first-order valence-electron chi connectivity index (χ1n) is 9.14. The Balaban J connectivity index is 1.42. The van der Waals surface area contributed by atoms with Crippen molar-refractivity contribution < 1.29 is 4.52 Å². The van der Waals surface area contributed by atoms with Gasteiger partial charge in [-0.25, -0.2) is 0 Å². The summed E-state index contributed by atoms with van der Waals surface area (Å²) in [4.78, 5) is 9.43. The van der Waals surface area contributed by atoms with Crippen molar-refractivity contribution in [3.05, 3.63) is 30.2 Å². The minimum atomic E-state index is 0.643. The fraction of sp³-hybridized carbons (Fsp3) is 0.579. The first-order chi connectivity index (χ1) is 11.8. The van der Waals surface area contributed by atoms with Crippen LogP contribution in [0.3, 0.4) is 0 Å². The van der Waals surface area contributed by atoms with Crippen molar-refractivity contribution in [3.63, 3.8) is 0 Å². The number of aromatic nitrogens is 2. The van der Waals surface area contributed by atoms with Crippen LogP contribution in [-0.2, 0) is 6.42 Å². The molecule has 0 spiro atoms. The summed E-state index contributed by atoms with van der Waals surface area (Å²) in [5.74, 6) is 2.12. The average molecular weight is 326 g/mol. The maximum absolute atomic E-state index is 5.47. The molecule has 1 aromatic heterocycles. The van der Waals surface area contributed by atoms with E-state index in [9.17, 15) is 0 Å². The number of piperidine rings is 1. The van der Waals surface area contributed by atoms with E-state index < -0.39 is 0 Å². The van der Waals surface area contributed by atoms with Crippen LogP contribution in [0.1, 0.15) is 31.6 Å². The van der Waals surface area contributed by atoms with E-state index in [4.69, 9.17) is 4.52 Å².